The van der Waals surface area contributed by atoms with Gasteiger partial charge in [-0.3, -0.25) is 4.98 Å². The quantitative estimate of drug-likeness (QED) is 0.709. The smallest absolute Gasteiger partial charge is 0.258 e. The molecule has 2 N–H and O–H groups in total. The second kappa shape index (κ2) is 4.53. The van der Waals surface area contributed by atoms with E-state index in [4.69, 9.17) is 10.3 Å². The van der Waals surface area contributed by atoms with Crippen LogP contribution in [0.25, 0.3) is 22.8 Å². The van der Waals surface area contributed by atoms with E-state index < -0.39 is 0 Å². The number of pyridine rings is 1. The highest BCUT2D eigenvalue weighted by Gasteiger charge is 2.13. The minimum atomic E-state index is 0.469. The lowest BCUT2D eigenvalue weighted by Crippen LogP contribution is -1.92. The molecule has 0 saturated carbocycles. The van der Waals surface area contributed by atoms with E-state index in [0.29, 0.717) is 17.4 Å². The summed E-state index contributed by atoms with van der Waals surface area (Å²) in [6, 6.07) is 9.30. The van der Waals surface area contributed by atoms with Crippen molar-refractivity contribution in [2.75, 3.05) is 5.73 Å². The van der Waals surface area contributed by atoms with Gasteiger partial charge in [0.2, 0.25) is 5.82 Å². The van der Waals surface area contributed by atoms with Gasteiger partial charge in [-0.15, -0.1) is 0 Å². The summed E-state index contributed by atoms with van der Waals surface area (Å²) in [6.07, 6.45) is 3.38. The molecule has 0 amide bonds. The number of hydrogen-bond acceptors (Lipinski definition) is 5. The van der Waals surface area contributed by atoms with Crippen molar-refractivity contribution in [2.45, 2.75) is 6.92 Å². The highest BCUT2D eigenvalue weighted by molar-refractivity contribution is 5.68. The Hall–Kier alpha value is -2.69. The van der Waals surface area contributed by atoms with Crippen LogP contribution in [0.15, 0.2) is 47.2 Å². The Morgan fingerprint density at radius 1 is 1.11 bits per heavy atom. The van der Waals surface area contributed by atoms with Gasteiger partial charge in [0.1, 0.15) is 0 Å². The van der Waals surface area contributed by atoms with Crippen molar-refractivity contribution in [3.05, 3.63) is 48.3 Å². The fraction of sp³-hybridized carbons (Fsp3) is 0.0714. The van der Waals surface area contributed by atoms with Crippen LogP contribution in [0.3, 0.4) is 0 Å². The van der Waals surface area contributed by atoms with Crippen molar-refractivity contribution in [3.63, 3.8) is 0 Å². The van der Waals surface area contributed by atoms with E-state index in [-0.39, 0.29) is 0 Å². The van der Waals surface area contributed by atoms with Crippen molar-refractivity contribution in [2.24, 2.45) is 0 Å². The van der Waals surface area contributed by atoms with E-state index in [1.54, 1.807) is 12.4 Å². The molecule has 2 aromatic heterocycles. The van der Waals surface area contributed by atoms with Gasteiger partial charge in [-0.25, -0.2) is 0 Å². The number of nitrogen functional groups attached to an aromatic ring is 1. The molecular formula is C14H12N4O. The molecule has 19 heavy (non-hydrogen) atoms. The lowest BCUT2D eigenvalue weighted by atomic mass is 10.1. The zero-order chi connectivity index (χ0) is 13.2. The summed E-state index contributed by atoms with van der Waals surface area (Å²) in [7, 11) is 0. The van der Waals surface area contributed by atoms with Crippen molar-refractivity contribution in [1.82, 2.24) is 15.1 Å². The molecule has 5 heteroatoms. The van der Waals surface area contributed by atoms with E-state index in [1.165, 1.54) is 0 Å². The molecule has 0 atom stereocenters. The number of benzene rings is 1. The average molecular weight is 252 g/mol. The first-order valence-electron chi connectivity index (χ1n) is 5.85. The van der Waals surface area contributed by atoms with Crippen LogP contribution in [-0.2, 0) is 0 Å². The maximum absolute atomic E-state index is 5.88. The standard InChI is InChI=1S/C14H12N4O/c1-9-11(3-2-4-12(9)15)14-17-13(18-19-14)10-5-7-16-8-6-10/h2-8H,15H2,1H3. The number of nitrogens with two attached hydrogens (primary N) is 1. The van der Waals surface area contributed by atoms with Crippen LogP contribution in [0.4, 0.5) is 5.69 Å². The van der Waals surface area contributed by atoms with Gasteiger partial charge < -0.3 is 10.3 Å². The molecular weight excluding hydrogens is 240 g/mol. The van der Waals surface area contributed by atoms with Crippen LogP contribution in [0.2, 0.25) is 0 Å². The Morgan fingerprint density at radius 3 is 2.68 bits per heavy atom. The zero-order valence-corrected chi connectivity index (χ0v) is 10.4. The Kier molecular flexibility index (Phi) is 2.72. The van der Waals surface area contributed by atoms with Gasteiger partial charge >= 0.3 is 0 Å². The van der Waals surface area contributed by atoms with Crippen LogP contribution in [0.1, 0.15) is 5.56 Å². The fourth-order valence-corrected chi connectivity index (χ4v) is 1.84. The molecule has 0 radical (unpaired) electrons. The number of hydrogen-bond donors (Lipinski definition) is 1. The van der Waals surface area contributed by atoms with Crippen LogP contribution in [-0.4, -0.2) is 15.1 Å². The zero-order valence-electron chi connectivity index (χ0n) is 10.4. The van der Waals surface area contributed by atoms with Crippen LogP contribution >= 0.6 is 0 Å². The van der Waals surface area contributed by atoms with Gasteiger partial charge in [0.15, 0.2) is 0 Å². The molecule has 94 valence electrons. The second-order valence-electron chi connectivity index (χ2n) is 4.18. The molecule has 0 aliphatic rings. The Morgan fingerprint density at radius 2 is 1.89 bits per heavy atom. The fourth-order valence-electron chi connectivity index (χ4n) is 1.84. The first kappa shape index (κ1) is 11.4. The summed E-state index contributed by atoms with van der Waals surface area (Å²) in [5.74, 6) is 1.01. The molecule has 5 nitrogen and oxygen atoms in total. The lowest BCUT2D eigenvalue weighted by Gasteiger charge is -2.02. The van der Waals surface area contributed by atoms with Gasteiger partial charge in [0.25, 0.3) is 5.89 Å². The molecule has 0 aliphatic carbocycles. The molecule has 1 aromatic carbocycles. The summed E-state index contributed by atoms with van der Waals surface area (Å²) in [5, 5.41) is 3.98. The third-order valence-electron chi connectivity index (χ3n) is 2.97. The Bertz CT molecular complexity index is 706. The average Bonchev–Trinajstić information content (AvgIpc) is 2.92. The first-order chi connectivity index (χ1) is 9.25. The number of nitrogens with zero attached hydrogens (tertiary/aromatic N) is 3. The third-order valence-corrected chi connectivity index (χ3v) is 2.97. The summed E-state index contributed by atoms with van der Waals surface area (Å²) < 4.78 is 5.30. The molecule has 0 bridgehead atoms. The van der Waals surface area contributed by atoms with Crippen molar-refractivity contribution < 1.29 is 4.52 Å². The van der Waals surface area contributed by atoms with Gasteiger partial charge in [-0.05, 0) is 36.8 Å². The highest BCUT2D eigenvalue weighted by atomic mass is 16.5. The first-order valence-corrected chi connectivity index (χ1v) is 5.85. The van der Waals surface area contributed by atoms with E-state index in [9.17, 15) is 0 Å². The molecule has 0 fully saturated rings. The maximum atomic E-state index is 5.88. The van der Waals surface area contributed by atoms with Gasteiger partial charge in [0, 0.05) is 29.2 Å². The highest BCUT2D eigenvalue weighted by Crippen LogP contribution is 2.27. The minimum absolute atomic E-state index is 0.469. The summed E-state index contributed by atoms with van der Waals surface area (Å²) in [6.45, 7) is 1.93. The van der Waals surface area contributed by atoms with Crippen molar-refractivity contribution in [3.8, 4) is 22.8 Å². The number of anilines is 1. The third kappa shape index (κ3) is 2.06. The van der Waals surface area contributed by atoms with E-state index in [2.05, 4.69) is 15.1 Å². The molecule has 0 aliphatic heterocycles. The van der Waals surface area contributed by atoms with Crippen LogP contribution in [0.5, 0.6) is 0 Å². The number of rotatable bonds is 2. The Labute approximate surface area is 110 Å². The monoisotopic (exact) mass is 252 g/mol. The van der Waals surface area contributed by atoms with E-state index >= 15 is 0 Å². The largest absolute Gasteiger partial charge is 0.398 e. The van der Waals surface area contributed by atoms with Crippen molar-refractivity contribution in [1.29, 1.82) is 0 Å². The SMILES string of the molecule is Cc1c(N)cccc1-c1nc(-c2ccncc2)no1. The van der Waals surface area contributed by atoms with E-state index in [0.717, 1.165) is 16.7 Å². The normalized spacial score (nSPS) is 10.6. The van der Waals surface area contributed by atoms with E-state index in [1.807, 2.05) is 37.3 Å². The Balaban J connectivity index is 2.05. The molecule has 3 aromatic rings. The minimum Gasteiger partial charge on any atom is -0.398 e. The predicted molar refractivity (Wildman–Crippen MR) is 72.1 cm³/mol. The molecule has 2 heterocycles. The van der Waals surface area contributed by atoms with Gasteiger partial charge in [-0.1, -0.05) is 11.2 Å². The van der Waals surface area contributed by atoms with Gasteiger partial charge in [-0.2, -0.15) is 4.98 Å². The summed E-state index contributed by atoms with van der Waals surface area (Å²) >= 11 is 0. The van der Waals surface area contributed by atoms with Crippen LogP contribution in [0, 0.1) is 6.92 Å². The molecule has 0 unspecified atom stereocenters. The van der Waals surface area contributed by atoms with Crippen molar-refractivity contribution >= 4 is 5.69 Å². The summed E-state index contributed by atoms with van der Waals surface area (Å²) in [4.78, 5) is 8.35. The molecule has 3 rings (SSSR count). The number of aromatic nitrogens is 3. The predicted octanol–water partition coefficient (Wildman–Crippen LogP) is 2.69. The summed E-state index contributed by atoms with van der Waals surface area (Å²) in [5.41, 5.74) is 9.25. The maximum Gasteiger partial charge on any atom is 0.258 e. The lowest BCUT2D eigenvalue weighted by molar-refractivity contribution is 0.432. The second-order valence-corrected chi connectivity index (χ2v) is 4.18. The topological polar surface area (TPSA) is 77.8 Å². The van der Waals surface area contributed by atoms with Crippen LogP contribution < -0.4 is 5.73 Å². The van der Waals surface area contributed by atoms with Gasteiger partial charge in [0.05, 0.1) is 0 Å². The molecule has 0 saturated heterocycles. The molecule has 0 spiro atoms.